The largest absolute Gasteiger partial charge is 0.345 e. The number of carbonyl (C=O) groups is 2. The second kappa shape index (κ2) is 11.6. The van der Waals surface area contributed by atoms with Gasteiger partial charge in [0.1, 0.15) is 0 Å². The van der Waals surface area contributed by atoms with Gasteiger partial charge in [-0.2, -0.15) is 0 Å². The summed E-state index contributed by atoms with van der Waals surface area (Å²) in [4.78, 5) is 26.5. The molecule has 0 heterocycles. The molecule has 2 atom stereocenters. The number of ketones is 1. The van der Waals surface area contributed by atoms with Crippen LogP contribution in [0.15, 0.2) is 0 Å². The normalized spacial score (nSPS) is 14.3. The first kappa shape index (κ1) is 22.1. The molecule has 0 aromatic rings. The van der Waals surface area contributed by atoms with Crippen LogP contribution in [0, 0.1) is 11.8 Å². The summed E-state index contributed by atoms with van der Waals surface area (Å²) >= 11 is 0. The number of nitrogens with two attached hydrogens (primary N) is 1. The Labute approximate surface area is 142 Å². The molecule has 3 N–H and O–H groups in total. The van der Waals surface area contributed by atoms with E-state index < -0.39 is 6.04 Å². The van der Waals surface area contributed by atoms with Crippen LogP contribution in [0.25, 0.3) is 0 Å². The van der Waals surface area contributed by atoms with E-state index in [1.807, 2.05) is 34.7 Å². The fourth-order valence-corrected chi connectivity index (χ4v) is 2.99. The van der Waals surface area contributed by atoms with Crippen LogP contribution in [0.2, 0.25) is 0 Å². The molecule has 23 heavy (non-hydrogen) atoms. The number of carbonyl (C=O) groups excluding carboxylic acids is 2. The molecule has 5 heteroatoms. The predicted molar refractivity (Wildman–Crippen MR) is 96.2 cm³/mol. The number of nitrogens with zero attached hydrogens (tertiary/aromatic N) is 1. The third kappa shape index (κ3) is 8.47. The Kier molecular flexibility index (Phi) is 11.1. The van der Waals surface area contributed by atoms with E-state index in [4.69, 9.17) is 5.73 Å². The van der Waals surface area contributed by atoms with Crippen LogP contribution >= 0.6 is 0 Å². The molecule has 1 amide bonds. The van der Waals surface area contributed by atoms with Crippen molar-refractivity contribution < 1.29 is 9.59 Å². The third-order valence-electron chi connectivity index (χ3n) is 4.24. The average molecular weight is 328 g/mol. The van der Waals surface area contributed by atoms with Gasteiger partial charge in [0.25, 0.3) is 0 Å². The molecular formula is C18H37N3O2. The van der Waals surface area contributed by atoms with Gasteiger partial charge in [0.05, 0.1) is 12.1 Å². The first-order chi connectivity index (χ1) is 10.7. The Morgan fingerprint density at radius 1 is 1.00 bits per heavy atom. The van der Waals surface area contributed by atoms with Crippen molar-refractivity contribution in [2.45, 2.75) is 72.4 Å². The lowest BCUT2D eigenvalue weighted by Crippen LogP contribution is -2.53. The molecule has 0 aromatic carbocycles. The highest BCUT2D eigenvalue weighted by atomic mass is 16.2. The van der Waals surface area contributed by atoms with Gasteiger partial charge in [-0.25, -0.2) is 0 Å². The molecular weight excluding hydrogens is 290 g/mol. The Balaban J connectivity index is 4.63. The Bertz CT molecular complexity index is 356. The molecule has 1 unspecified atom stereocenters. The quantitative estimate of drug-likeness (QED) is 0.539. The van der Waals surface area contributed by atoms with E-state index in [1.54, 1.807) is 0 Å². The summed E-state index contributed by atoms with van der Waals surface area (Å²) in [6, 6.07) is -0.605. The maximum Gasteiger partial charge on any atom is 0.238 e. The van der Waals surface area contributed by atoms with Gasteiger partial charge in [-0.1, -0.05) is 40.5 Å². The molecule has 0 bridgehead atoms. The van der Waals surface area contributed by atoms with E-state index in [0.717, 1.165) is 38.8 Å². The van der Waals surface area contributed by atoms with Gasteiger partial charge in [0.15, 0.2) is 5.78 Å². The zero-order valence-corrected chi connectivity index (χ0v) is 15.9. The van der Waals surface area contributed by atoms with Crippen LogP contribution in [0.5, 0.6) is 0 Å². The fourth-order valence-electron chi connectivity index (χ4n) is 2.99. The van der Waals surface area contributed by atoms with E-state index >= 15 is 0 Å². The summed E-state index contributed by atoms with van der Waals surface area (Å²) in [6.07, 6.45) is 4.40. The molecule has 0 aliphatic heterocycles. The van der Waals surface area contributed by atoms with Gasteiger partial charge in [-0.3, -0.25) is 14.5 Å². The van der Waals surface area contributed by atoms with Gasteiger partial charge < -0.3 is 11.1 Å². The van der Waals surface area contributed by atoms with Crippen LogP contribution in [0.3, 0.4) is 0 Å². The van der Waals surface area contributed by atoms with Gasteiger partial charge >= 0.3 is 0 Å². The number of unbranched alkanes of at least 4 members (excludes halogenated alkanes) is 3. The number of Topliss-reactive ketones (excluding diaryl/α,β-unsaturated/α-hetero) is 1. The Morgan fingerprint density at radius 3 is 2.00 bits per heavy atom. The highest BCUT2D eigenvalue weighted by Crippen LogP contribution is 2.13. The van der Waals surface area contributed by atoms with Crippen LogP contribution in [-0.4, -0.2) is 48.8 Å². The van der Waals surface area contributed by atoms with Crippen LogP contribution in [0.4, 0.5) is 0 Å². The molecule has 0 spiro atoms. The molecule has 0 radical (unpaired) electrons. The Morgan fingerprint density at radius 2 is 1.57 bits per heavy atom. The van der Waals surface area contributed by atoms with Crippen molar-refractivity contribution in [3.8, 4) is 0 Å². The summed E-state index contributed by atoms with van der Waals surface area (Å²) in [5.41, 5.74) is 5.50. The minimum atomic E-state index is -0.401. The minimum Gasteiger partial charge on any atom is -0.345 e. The summed E-state index contributed by atoms with van der Waals surface area (Å²) < 4.78 is 0. The highest BCUT2D eigenvalue weighted by Gasteiger charge is 2.30. The highest BCUT2D eigenvalue weighted by molar-refractivity contribution is 5.89. The second-order valence-corrected chi connectivity index (χ2v) is 7.21. The molecule has 0 fully saturated rings. The maximum atomic E-state index is 12.7. The van der Waals surface area contributed by atoms with Gasteiger partial charge in [-0.15, -0.1) is 0 Å². The molecule has 0 aromatic heterocycles. The van der Waals surface area contributed by atoms with Crippen molar-refractivity contribution in [2.24, 2.45) is 17.6 Å². The zero-order valence-electron chi connectivity index (χ0n) is 15.9. The van der Waals surface area contributed by atoms with Gasteiger partial charge in [0.2, 0.25) is 5.91 Å². The number of likely N-dealkylation sites (N-methyl/N-ethyl adjacent to an activating group) is 1. The number of rotatable bonds is 12. The van der Waals surface area contributed by atoms with Crippen molar-refractivity contribution in [2.75, 3.05) is 20.1 Å². The lowest BCUT2D eigenvalue weighted by molar-refractivity contribution is -0.132. The van der Waals surface area contributed by atoms with E-state index in [-0.39, 0.29) is 29.6 Å². The van der Waals surface area contributed by atoms with Gasteiger partial charge in [0, 0.05) is 0 Å². The molecule has 136 valence electrons. The summed E-state index contributed by atoms with van der Waals surface area (Å²) in [5, 5.41) is 2.94. The smallest absolute Gasteiger partial charge is 0.238 e. The summed E-state index contributed by atoms with van der Waals surface area (Å²) in [7, 11) is 1.99. The average Bonchev–Trinajstić information content (AvgIpc) is 2.43. The monoisotopic (exact) mass is 327 g/mol. The van der Waals surface area contributed by atoms with E-state index in [1.165, 1.54) is 6.92 Å². The fraction of sp³-hybridized carbons (Fsp3) is 0.889. The van der Waals surface area contributed by atoms with Crippen LogP contribution in [-0.2, 0) is 9.59 Å². The lowest BCUT2D eigenvalue weighted by atomic mass is 9.97. The van der Waals surface area contributed by atoms with Crippen LogP contribution in [0.1, 0.15) is 60.3 Å². The number of amides is 1. The molecule has 0 aliphatic carbocycles. The van der Waals surface area contributed by atoms with E-state index in [2.05, 4.69) is 10.2 Å². The molecule has 0 rings (SSSR count). The van der Waals surface area contributed by atoms with E-state index in [9.17, 15) is 9.59 Å². The zero-order chi connectivity index (χ0) is 18.0. The van der Waals surface area contributed by atoms with Crippen molar-refractivity contribution in [3.63, 3.8) is 0 Å². The SMILES string of the molecule is CC(=O)[C@@H](NC(=O)C(C(C)C)N(C)CCCCCCN)C(C)C. The third-order valence-corrected chi connectivity index (χ3v) is 4.24. The number of hydrogen-bond acceptors (Lipinski definition) is 4. The van der Waals surface area contributed by atoms with Crippen molar-refractivity contribution in [1.29, 1.82) is 0 Å². The van der Waals surface area contributed by atoms with Crippen molar-refractivity contribution in [3.05, 3.63) is 0 Å². The minimum absolute atomic E-state index is 0.0142. The number of nitrogens with one attached hydrogen (secondary N) is 1. The molecule has 5 nitrogen and oxygen atoms in total. The molecule has 0 aliphatic rings. The molecule has 0 saturated heterocycles. The van der Waals surface area contributed by atoms with Gasteiger partial charge in [-0.05, 0) is 51.7 Å². The topological polar surface area (TPSA) is 75.4 Å². The standard InChI is InChI=1S/C18H37N3O2/c1-13(2)16(15(5)22)20-18(23)17(14(3)4)21(6)12-10-8-7-9-11-19/h13-14,16-17H,7-12,19H2,1-6H3,(H,20,23)/t16-,17?/m0/s1. The summed E-state index contributed by atoms with van der Waals surface area (Å²) in [5.74, 6) is 0.272. The lowest BCUT2D eigenvalue weighted by Gasteiger charge is -2.32. The first-order valence-electron chi connectivity index (χ1n) is 8.93. The van der Waals surface area contributed by atoms with Crippen molar-refractivity contribution >= 4 is 11.7 Å². The number of hydrogen-bond donors (Lipinski definition) is 2. The Hall–Kier alpha value is -0.940. The first-order valence-corrected chi connectivity index (χ1v) is 8.93. The van der Waals surface area contributed by atoms with Crippen molar-refractivity contribution in [1.82, 2.24) is 10.2 Å². The predicted octanol–water partition coefficient (Wildman–Crippen LogP) is 2.19. The van der Waals surface area contributed by atoms with E-state index in [0.29, 0.717) is 0 Å². The summed E-state index contributed by atoms with van der Waals surface area (Å²) in [6.45, 7) is 11.2. The second-order valence-electron chi connectivity index (χ2n) is 7.21. The maximum absolute atomic E-state index is 12.7. The molecule has 0 saturated carbocycles. The van der Waals surface area contributed by atoms with Crippen LogP contribution < -0.4 is 11.1 Å².